The van der Waals surface area contributed by atoms with Gasteiger partial charge in [0.15, 0.2) is 0 Å². The van der Waals surface area contributed by atoms with Crippen molar-refractivity contribution in [1.29, 1.82) is 0 Å². The van der Waals surface area contributed by atoms with E-state index in [9.17, 15) is 9.59 Å². The summed E-state index contributed by atoms with van der Waals surface area (Å²) in [6, 6.07) is 22.2. The lowest BCUT2D eigenvalue weighted by molar-refractivity contribution is 0.0949. The van der Waals surface area contributed by atoms with Crippen LogP contribution in [0.25, 0.3) is 0 Å². The first-order valence-electron chi connectivity index (χ1n) is 8.79. The van der Waals surface area contributed by atoms with Gasteiger partial charge < -0.3 is 10.6 Å². The zero-order valence-corrected chi connectivity index (χ0v) is 15.1. The topological polar surface area (TPSA) is 71.1 Å². The molecule has 0 bridgehead atoms. The molecular weight excluding hydrogens is 338 g/mol. The van der Waals surface area contributed by atoms with E-state index in [0.29, 0.717) is 12.2 Å². The quantitative estimate of drug-likeness (QED) is 0.706. The molecule has 2 amide bonds. The van der Waals surface area contributed by atoms with Gasteiger partial charge in [-0.25, -0.2) is 4.98 Å². The average molecular weight is 359 g/mol. The molecule has 0 radical (unpaired) electrons. The number of hydrogen-bond acceptors (Lipinski definition) is 3. The summed E-state index contributed by atoms with van der Waals surface area (Å²) in [6.07, 6.45) is 0.736. The molecular formula is C22H21N3O2. The van der Waals surface area contributed by atoms with Crippen molar-refractivity contribution < 1.29 is 9.59 Å². The Balaban J connectivity index is 1.59. The number of carbonyl (C=O) groups is 2. The van der Waals surface area contributed by atoms with Crippen molar-refractivity contribution in [2.75, 3.05) is 11.9 Å². The molecule has 0 unspecified atom stereocenters. The third-order valence-electron chi connectivity index (χ3n) is 4.07. The van der Waals surface area contributed by atoms with Crippen molar-refractivity contribution >= 4 is 17.5 Å². The second-order valence-corrected chi connectivity index (χ2v) is 6.22. The number of hydrogen-bond donors (Lipinski definition) is 2. The van der Waals surface area contributed by atoms with E-state index >= 15 is 0 Å². The Kier molecular flexibility index (Phi) is 5.94. The lowest BCUT2D eigenvalue weighted by Gasteiger charge is -2.08. The normalized spacial score (nSPS) is 10.3. The molecule has 3 aromatic rings. The maximum absolute atomic E-state index is 12.4. The second kappa shape index (κ2) is 8.76. The fourth-order valence-corrected chi connectivity index (χ4v) is 2.58. The fourth-order valence-electron chi connectivity index (χ4n) is 2.58. The van der Waals surface area contributed by atoms with Gasteiger partial charge in [-0.05, 0) is 43.2 Å². The van der Waals surface area contributed by atoms with Gasteiger partial charge >= 0.3 is 0 Å². The Bertz CT molecular complexity index is 922. The summed E-state index contributed by atoms with van der Waals surface area (Å²) in [5.74, 6) is -0.645. The van der Waals surface area contributed by atoms with Crippen LogP contribution >= 0.6 is 0 Å². The monoisotopic (exact) mass is 359 g/mol. The maximum Gasteiger partial charge on any atom is 0.274 e. The van der Waals surface area contributed by atoms with Gasteiger partial charge in [-0.15, -0.1) is 0 Å². The van der Waals surface area contributed by atoms with Crippen molar-refractivity contribution in [3.8, 4) is 0 Å². The van der Waals surface area contributed by atoms with Gasteiger partial charge in [0.05, 0.1) is 0 Å². The van der Waals surface area contributed by atoms with Gasteiger partial charge in [-0.2, -0.15) is 0 Å². The number of pyridine rings is 1. The summed E-state index contributed by atoms with van der Waals surface area (Å²) < 4.78 is 0. The summed E-state index contributed by atoms with van der Waals surface area (Å²) in [5, 5.41) is 5.62. The van der Waals surface area contributed by atoms with Crippen LogP contribution in [0.5, 0.6) is 0 Å². The van der Waals surface area contributed by atoms with Gasteiger partial charge in [-0.3, -0.25) is 9.59 Å². The van der Waals surface area contributed by atoms with Crippen LogP contribution in [0, 0.1) is 6.92 Å². The number of aromatic nitrogens is 1. The Morgan fingerprint density at radius 1 is 0.815 bits per heavy atom. The molecule has 0 aliphatic rings. The van der Waals surface area contributed by atoms with Crippen LogP contribution < -0.4 is 10.6 Å². The molecule has 0 saturated heterocycles. The summed E-state index contributed by atoms with van der Waals surface area (Å²) in [7, 11) is 0. The van der Waals surface area contributed by atoms with E-state index in [1.54, 1.807) is 18.2 Å². The first-order chi connectivity index (χ1) is 13.1. The Hall–Kier alpha value is -3.47. The molecule has 5 nitrogen and oxygen atoms in total. The third-order valence-corrected chi connectivity index (χ3v) is 4.07. The number of anilines is 1. The zero-order valence-electron chi connectivity index (χ0n) is 15.1. The number of benzene rings is 2. The highest BCUT2D eigenvalue weighted by atomic mass is 16.2. The molecule has 3 rings (SSSR count). The molecule has 136 valence electrons. The molecule has 0 atom stereocenters. The third kappa shape index (κ3) is 5.25. The molecule has 0 fully saturated rings. The minimum atomic E-state index is -0.349. The van der Waals surface area contributed by atoms with Crippen molar-refractivity contribution in [3.63, 3.8) is 0 Å². The van der Waals surface area contributed by atoms with Crippen LogP contribution in [-0.4, -0.2) is 23.3 Å². The molecule has 0 saturated carbocycles. The Morgan fingerprint density at radius 2 is 1.48 bits per heavy atom. The SMILES string of the molecule is Cc1ccc(NC(=O)c2cccc(C(=O)NCCc3ccccc3)n2)cc1. The molecule has 2 N–H and O–H groups in total. The molecule has 0 aliphatic carbocycles. The first kappa shape index (κ1) is 18.3. The summed E-state index contributed by atoms with van der Waals surface area (Å²) >= 11 is 0. The van der Waals surface area contributed by atoms with Gasteiger partial charge in [0, 0.05) is 12.2 Å². The number of rotatable bonds is 6. The molecule has 0 aliphatic heterocycles. The minimum absolute atomic E-state index is 0.200. The van der Waals surface area contributed by atoms with E-state index in [4.69, 9.17) is 0 Å². The molecule has 5 heteroatoms. The van der Waals surface area contributed by atoms with Crippen LogP contribution in [0.15, 0.2) is 72.8 Å². The van der Waals surface area contributed by atoms with Crippen molar-refractivity contribution in [3.05, 3.63) is 95.3 Å². The smallest absolute Gasteiger partial charge is 0.274 e. The predicted octanol–water partition coefficient (Wildman–Crippen LogP) is 3.61. The summed E-state index contributed by atoms with van der Waals surface area (Å²) in [6.45, 7) is 2.48. The molecule has 1 aromatic heterocycles. The number of nitrogens with zero attached hydrogens (tertiary/aromatic N) is 1. The zero-order chi connectivity index (χ0) is 19.1. The molecule has 27 heavy (non-hydrogen) atoms. The highest BCUT2D eigenvalue weighted by Crippen LogP contribution is 2.10. The summed E-state index contributed by atoms with van der Waals surface area (Å²) in [5.41, 5.74) is 3.37. The van der Waals surface area contributed by atoms with E-state index in [1.807, 2.05) is 61.5 Å². The number of amides is 2. The van der Waals surface area contributed by atoms with Gasteiger partial charge in [0.1, 0.15) is 11.4 Å². The fraction of sp³-hybridized carbons (Fsp3) is 0.136. The van der Waals surface area contributed by atoms with Gasteiger partial charge in [0.25, 0.3) is 11.8 Å². The van der Waals surface area contributed by atoms with Crippen molar-refractivity contribution in [2.24, 2.45) is 0 Å². The lowest BCUT2D eigenvalue weighted by atomic mass is 10.1. The van der Waals surface area contributed by atoms with E-state index in [-0.39, 0.29) is 23.2 Å². The van der Waals surface area contributed by atoms with E-state index in [0.717, 1.165) is 17.5 Å². The average Bonchev–Trinajstić information content (AvgIpc) is 2.70. The Morgan fingerprint density at radius 3 is 2.19 bits per heavy atom. The summed E-state index contributed by atoms with van der Waals surface area (Å²) in [4.78, 5) is 28.9. The molecule has 1 heterocycles. The standard InChI is InChI=1S/C22H21N3O2/c1-16-10-12-18(13-11-16)24-22(27)20-9-5-8-19(25-20)21(26)23-15-14-17-6-3-2-4-7-17/h2-13H,14-15H2,1H3,(H,23,26)(H,24,27). The van der Waals surface area contributed by atoms with Crippen LogP contribution in [-0.2, 0) is 6.42 Å². The minimum Gasteiger partial charge on any atom is -0.350 e. The predicted molar refractivity (Wildman–Crippen MR) is 106 cm³/mol. The number of aryl methyl sites for hydroxylation is 1. The number of nitrogens with one attached hydrogen (secondary N) is 2. The molecule has 2 aromatic carbocycles. The van der Waals surface area contributed by atoms with Crippen LogP contribution in [0.1, 0.15) is 32.1 Å². The maximum atomic E-state index is 12.4. The highest BCUT2D eigenvalue weighted by molar-refractivity contribution is 6.03. The Labute approximate surface area is 158 Å². The van der Waals surface area contributed by atoms with Crippen LogP contribution in [0.3, 0.4) is 0 Å². The van der Waals surface area contributed by atoms with Crippen LogP contribution in [0.2, 0.25) is 0 Å². The first-order valence-corrected chi connectivity index (χ1v) is 8.79. The van der Waals surface area contributed by atoms with Crippen molar-refractivity contribution in [2.45, 2.75) is 13.3 Å². The van der Waals surface area contributed by atoms with E-state index < -0.39 is 0 Å². The van der Waals surface area contributed by atoms with Gasteiger partial charge in [0.2, 0.25) is 0 Å². The molecule has 0 spiro atoms. The lowest BCUT2D eigenvalue weighted by Crippen LogP contribution is -2.27. The van der Waals surface area contributed by atoms with Gasteiger partial charge in [-0.1, -0.05) is 54.1 Å². The van der Waals surface area contributed by atoms with Crippen molar-refractivity contribution in [1.82, 2.24) is 10.3 Å². The van der Waals surface area contributed by atoms with E-state index in [2.05, 4.69) is 15.6 Å². The largest absolute Gasteiger partial charge is 0.350 e. The number of carbonyl (C=O) groups excluding carboxylic acids is 2. The highest BCUT2D eigenvalue weighted by Gasteiger charge is 2.12. The second-order valence-electron chi connectivity index (χ2n) is 6.22. The van der Waals surface area contributed by atoms with E-state index in [1.165, 1.54) is 0 Å². The van der Waals surface area contributed by atoms with Crippen LogP contribution in [0.4, 0.5) is 5.69 Å².